The Balaban J connectivity index is 1.60. The fourth-order valence-corrected chi connectivity index (χ4v) is 2.79. The Hall–Kier alpha value is -0.570. The summed E-state index contributed by atoms with van der Waals surface area (Å²) in [5, 5.41) is 3.56. The van der Waals surface area contributed by atoms with Gasteiger partial charge >= 0.3 is 0 Å². The van der Waals surface area contributed by atoms with Gasteiger partial charge in [0.15, 0.2) is 0 Å². The minimum atomic E-state index is 0.935. The van der Waals surface area contributed by atoms with Gasteiger partial charge in [-0.3, -0.25) is 4.99 Å². The van der Waals surface area contributed by atoms with Crippen molar-refractivity contribution >= 4 is 5.84 Å². The first-order valence-electron chi connectivity index (χ1n) is 7.30. The molecule has 1 fully saturated rings. The smallest absolute Gasteiger partial charge is 0.0963 e. The molecule has 0 aromatic rings. The number of aliphatic imine (C=N–C) groups is 1. The van der Waals surface area contributed by atoms with Gasteiger partial charge in [-0.05, 0) is 58.2 Å². The second kappa shape index (κ2) is 7.00. The molecule has 3 heteroatoms. The molecule has 2 heterocycles. The highest BCUT2D eigenvalue weighted by molar-refractivity contribution is 5.82. The fraction of sp³-hybridized carbons (Fsp3) is 0.929. The lowest BCUT2D eigenvalue weighted by Gasteiger charge is -2.29. The van der Waals surface area contributed by atoms with Crippen LogP contribution in [0.15, 0.2) is 4.99 Å². The first-order chi connectivity index (χ1) is 8.34. The zero-order valence-corrected chi connectivity index (χ0v) is 11.2. The minimum absolute atomic E-state index is 0.935. The highest BCUT2D eigenvalue weighted by Crippen LogP contribution is 2.18. The van der Waals surface area contributed by atoms with E-state index in [-0.39, 0.29) is 0 Å². The monoisotopic (exact) mass is 237 g/mol. The predicted molar refractivity (Wildman–Crippen MR) is 73.6 cm³/mol. The molecular weight excluding hydrogens is 210 g/mol. The highest BCUT2D eigenvalue weighted by atomic mass is 15.1. The van der Waals surface area contributed by atoms with Crippen molar-refractivity contribution in [2.75, 3.05) is 33.2 Å². The minimum Gasteiger partial charge on any atom is -0.374 e. The molecule has 2 aliphatic rings. The van der Waals surface area contributed by atoms with Gasteiger partial charge in [0.25, 0.3) is 0 Å². The molecule has 0 atom stereocenters. The van der Waals surface area contributed by atoms with Gasteiger partial charge in [-0.15, -0.1) is 0 Å². The van der Waals surface area contributed by atoms with Gasteiger partial charge in [-0.25, -0.2) is 0 Å². The summed E-state index contributed by atoms with van der Waals surface area (Å²) in [4.78, 5) is 7.06. The maximum absolute atomic E-state index is 4.62. The van der Waals surface area contributed by atoms with E-state index >= 15 is 0 Å². The molecular formula is C14H27N3. The molecule has 0 aliphatic carbocycles. The third kappa shape index (κ3) is 4.66. The molecule has 0 amide bonds. The Morgan fingerprint density at radius 1 is 1.24 bits per heavy atom. The number of nitrogens with zero attached hydrogens (tertiary/aromatic N) is 2. The molecule has 98 valence electrons. The van der Waals surface area contributed by atoms with Crippen LogP contribution in [-0.4, -0.2) is 44.0 Å². The molecule has 2 rings (SSSR count). The number of likely N-dealkylation sites (tertiary alicyclic amines) is 1. The molecule has 0 unspecified atom stereocenters. The summed E-state index contributed by atoms with van der Waals surface area (Å²) < 4.78 is 0. The average molecular weight is 237 g/mol. The second-order valence-electron chi connectivity index (χ2n) is 5.60. The summed E-state index contributed by atoms with van der Waals surface area (Å²) >= 11 is 0. The molecule has 0 radical (unpaired) electrons. The van der Waals surface area contributed by atoms with Crippen molar-refractivity contribution in [1.82, 2.24) is 10.2 Å². The number of amidine groups is 1. The molecule has 0 saturated carbocycles. The largest absolute Gasteiger partial charge is 0.374 e. The van der Waals surface area contributed by atoms with E-state index < -0.39 is 0 Å². The third-order valence-corrected chi connectivity index (χ3v) is 4.09. The van der Waals surface area contributed by atoms with Crippen LogP contribution in [0.3, 0.4) is 0 Å². The predicted octanol–water partition coefficient (Wildman–Crippen LogP) is 2.28. The van der Waals surface area contributed by atoms with Crippen LogP contribution in [0.1, 0.15) is 44.9 Å². The van der Waals surface area contributed by atoms with E-state index in [4.69, 9.17) is 0 Å². The Kier molecular flexibility index (Phi) is 5.30. The van der Waals surface area contributed by atoms with Crippen molar-refractivity contribution in [3.63, 3.8) is 0 Å². The number of hydrogen-bond donors (Lipinski definition) is 1. The normalized spacial score (nSPS) is 24.2. The van der Waals surface area contributed by atoms with Gasteiger partial charge < -0.3 is 10.2 Å². The summed E-state index contributed by atoms with van der Waals surface area (Å²) in [6.07, 6.45) is 9.21. The lowest BCUT2D eigenvalue weighted by Crippen LogP contribution is -2.32. The van der Waals surface area contributed by atoms with Crippen LogP contribution < -0.4 is 5.32 Å². The van der Waals surface area contributed by atoms with E-state index in [1.165, 1.54) is 63.9 Å². The Morgan fingerprint density at radius 3 is 2.88 bits per heavy atom. The van der Waals surface area contributed by atoms with Gasteiger partial charge in [-0.1, -0.05) is 6.42 Å². The van der Waals surface area contributed by atoms with E-state index in [2.05, 4.69) is 22.3 Å². The first kappa shape index (κ1) is 12.9. The van der Waals surface area contributed by atoms with Crippen LogP contribution in [0.5, 0.6) is 0 Å². The SMILES string of the molecule is CN1CCC(CCNC2=NCCCCC2)CC1. The zero-order chi connectivity index (χ0) is 11.9. The van der Waals surface area contributed by atoms with Crippen LogP contribution in [0.25, 0.3) is 0 Å². The summed E-state index contributed by atoms with van der Waals surface area (Å²) in [5.41, 5.74) is 0. The lowest BCUT2D eigenvalue weighted by atomic mass is 9.94. The number of piperidine rings is 1. The third-order valence-electron chi connectivity index (χ3n) is 4.09. The number of hydrogen-bond acceptors (Lipinski definition) is 3. The van der Waals surface area contributed by atoms with E-state index in [9.17, 15) is 0 Å². The van der Waals surface area contributed by atoms with Crippen LogP contribution in [0.4, 0.5) is 0 Å². The van der Waals surface area contributed by atoms with Crippen molar-refractivity contribution < 1.29 is 0 Å². The standard InChI is InChI=1S/C14H27N3/c1-17-11-7-13(8-12-17)6-10-16-14-5-3-2-4-9-15-14/h13H,2-12H2,1H3,(H,15,16). The summed E-state index contributed by atoms with van der Waals surface area (Å²) in [6.45, 7) is 4.74. The van der Waals surface area contributed by atoms with Crippen molar-refractivity contribution in [2.24, 2.45) is 10.9 Å². The summed E-state index contributed by atoms with van der Waals surface area (Å²) in [7, 11) is 2.23. The topological polar surface area (TPSA) is 27.6 Å². The highest BCUT2D eigenvalue weighted by Gasteiger charge is 2.16. The molecule has 1 N–H and O–H groups in total. The Labute approximate surface area is 106 Å². The van der Waals surface area contributed by atoms with E-state index in [1.54, 1.807) is 0 Å². The molecule has 0 spiro atoms. The van der Waals surface area contributed by atoms with Gasteiger partial charge in [-0.2, -0.15) is 0 Å². The summed E-state index contributed by atoms with van der Waals surface area (Å²) in [6, 6.07) is 0. The molecule has 0 aromatic carbocycles. The van der Waals surface area contributed by atoms with Crippen molar-refractivity contribution in [3.8, 4) is 0 Å². The molecule has 3 nitrogen and oxygen atoms in total. The second-order valence-corrected chi connectivity index (χ2v) is 5.60. The van der Waals surface area contributed by atoms with Crippen LogP contribution in [-0.2, 0) is 0 Å². The zero-order valence-electron chi connectivity index (χ0n) is 11.2. The quantitative estimate of drug-likeness (QED) is 0.815. The van der Waals surface area contributed by atoms with E-state index in [1.807, 2.05) is 0 Å². The van der Waals surface area contributed by atoms with Crippen molar-refractivity contribution in [1.29, 1.82) is 0 Å². The Morgan fingerprint density at radius 2 is 2.06 bits per heavy atom. The number of nitrogens with one attached hydrogen (secondary N) is 1. The maximum Gasteiger partial charge on any atom is 0.0963 e. The van der Waals surface area contributed by atoms with Gasteiger partial charge in [0.05, 0.1) is 5.84 Å². The average Bonchev–Trinajstić information content (AvgIpc) is 2.60. The van der Waals surface area contributed by atoms with Crippen LogP contribution in [0, 0.1) is 5.92 Å². The van der Waals surface area contributed by atoms with Gasteiger partial charge in [0.1, 0.15) is 0 Å². The van der Waals surface area contributed by atoms with Gasteiger partial charge in [0.2, 0.25) is 0 Å². The van der Waals surface area contributed by atoms with Crippen molar-refractivity contribution in [2.45, 2.75) is 44.9 Å². The van der Waals surface area contributed by atoms with E-state index in [0.29, 0.717) is 0 Å². The molecule has 0 aromatic heterocycles. The first-order valence-corrected chi connectivity index (χ1v) is 7.30. The molecule has 17 heavy (non-hydrogen) atoms. The van der Waals surface area contributed by atoms with Crippen LogP contribution in [0.2, 0.25) is 0 Å². The molecule has 2 aliphatic heterocycles. The molecule has 0 bridgehead atoms. The maximum atomic E-state index is 4.62. The van der Waals surface area contributed by atoms with E-state index in [0.717, 1.165) is 19.0 Å². The van der Waals surface area contributed by atoms with Crippen molar-refractivity contribution in [3.05, 3.63) is 0 Å². The Bertz CT molecular complexity index is 242. The lowest BCUT2D eigenvalue weighted by molar-refractivity contribution is 0.213. The summed E-state index contributed by atoms with van der Waals surface area (Å²) in [5.74, 6) is 2.21. The van der Waals surface area contributed by atoms with Gasteiger partial charge in [0, 0.05) is 19.5 Å². The fourth-order valence-electron chi connectivity index (χ4n) is 2.79. The number of rotatable bonds is 3. The van der Waals surface area contributed by atoms with Crippen LogP contribution >= 0.6 is 0 Å². The molecule has 1 saturated heterocycles.